The molecule has 0 aliphatic carbocycles. The van der Waals surface area contributed by atoms with Crippen LogP contribution in [0.25, 0.3) is 43.6 Å². The number of para-hydroxylation sites is 4. The van der Waals surface area contributed by atoms with Crippen LogP contribution in [0.4, 0.5) is 0 Å². The van der Waals surface area contributed by atoms with E-state index in [2.05, 4.69) is 159 Å². The SMILES string of the molecule is CC.CC(C)c1cccc(C(C)C)c1.c1ccc2c(c1)[nH]c1ccccc12.c1ccc2c(c1)[nH]c1ccccc12. The average Bonchev–Trinajstić information content (AvgIpc) is 3.57. The zero-order valence-electron chi connectivity index (χ0n) is 24.7. The van der Waals surface area contributed by atoms with Crippen molar-refractivity contribution in [3.63, 3.8) is 0 Å². The fourth-order valence-electron chi connectivity index (χ4n) is 4.88. The summed E-state index contributed by atoms with van der Waals surface area (Å²) in [6, 6.07) is 42.4. The standard InChI is InChI=1S/2C12H9N.C12H18.C2H6/c2*1-3-7-11-9(5-1)10-6-2-4-8-12(10)13-11;1-9(2)11-6-5-7-12(8-11)10(3)4;1-2/h2*1-8,13H;5-10H,1-4H3;1-2H3. The van der Waals surface area contributed by atoms with Gasteiger partial charge in [-0.15, -0.1) is 0 Å². The third kappa shape index (κ3) is 6.63. The topological polar surface area (TPSA) is 31.6 Å². The molecule has 0 bridgehead atoms. The van der Waals surface area contributed by atoms with Crippen molar-refractivity contribution in [3.05, 3.63) is 132 Å². The van der Waals surface area contributed by atoms with Crippen LogP contribution in [-0.4, -0.2) is 9.97 Å². The van der Waals surface area contributed by atoms with Crippen molar-refractivity contribution in [3.8, 4) is 0 Å². The second-order valence-electron chi connectivity index (χ2n) is 10.4. The molecule has 2 aromatic heterocycles. The van der Waals surface area contributed by atoms with Crippen LogP contribution in [0.2, 0.25) is 0 Å². The summed E-state index contributed by atoms with van der Waals surface area (Å²) >= 11 is 0. The van der Waals surface area contributed by atoms with Gasteiger partial charge >= 0.3 is 0 Å². The highest BCUT2D eigenvalue weighted by Crippen LogP contribution is 2.25. The Labute approximate surface area is 239 Å². The van der Waals surface area contributed by atoms with Crippen LogP contribution in [-0.2, 0) is 0 Å². The Morgan fingerprint density at radius 3 is 0.925 bits per heavy atom. The summed E-state index contributed by atoms with van der Waals surface area (Å²) in [4.78, 5) is 6.76. The van der Waals surface area contributed by atoms with E-state index in [1.54, 1.807) is 0 Å². The zero-order chi connectivity index (χ0) is 28.5. The Bertz CT molecular complexity index is 1550. The van der Waals surface area contributed by atoms with Gasteiger partial charge in [0, 0.05) is 43.6 Å². The molecule has 0 unspecified atom stereocenters. The highest BCUT2D eigenvalue weighted by atomic mass is 14.7. The van der Waals surface area contributed by atoms with Gasteiger partial charge in [0.1, 0.15) is 0 Å². The maximum absolute atomic E-state index is 3.38. The zero-order valence-corrected chi connectivity index (χ0v) is 24.7. The van der Waals surface area contributed by atoms with Crippen LogP contribution < -0.4 is 0 Å². The first-order valence-electron chi connectivity index (χ1n) is 14.5. The molecular weight excluding hydrogens is 484 g/mol. The van der Waals surface area contributed by atoms with Crippen LogP contribution in [0.1, 0.15) is 64.5 Å². The molecule has 2 heteroatoms. The predicted octanol–water partition coefficient (Wildman–Crippen LogP) is 11.6. The molecule has 0 aliphatic heterocycles. The highest BCUT2D eigenvalue weighted by Gasteiger charge is 2.03. The molecule has 0 aliphatic rings. The first-order valence-corrected chi connectivity index (χ1v) is 14.5. The Balaban J connectivity index is 0.000000135. The Morgan fingerprint density at radius 1 is 0.375 bits per heavy atom. The van der Waals surface area contributed by atoms with Gasteiger partial charge < -0.3 is 9.97 Å². The Hall–Kier alpha value is -4.30. The molecule has 0 amide bonds. The van der Waals surface area contributed by atoms with Crippen LogP contribution in [0.15, 0.2) is 121 Å². The smallest absolute Gasteiger partial charge is 0.0464 e. The minimum Gasteiger partial charge on any atom is -0.355 e. The third-order valence-electron chi connectivity index (χ3n) is 7.07. The number of benzene rings is 5. The Kier molecular flexibility index (Phi) is 9.81. The molecule has 40 heavy (non-hydrogen) atoms. The molecule has 2 N–H and O–H groups in total. The van der Waals surface area contributed by atoms with Crippen LogP contribution in [0.5, 0.6) is 0 Å². The van der Waals surface area contributed by atoms with Gasteiger partial charge in [-0.25, -0.2) is 0 Å². The maximum atomic E-state index is 3.38. The molecule has 2 nitrogen and oxygen atoms in total. The molecule has 0 radical (unpaired) electrons. The lowest BCUT2D eigenvalue weighted by atomic mass is 9.96. The molecule has 204 valence electrons. The molecule has 5 aromatic carbocycles. The number of fused-ring (bicyclic) bond motifs is 6. The summed E-state index contributed by atoms with van der Waals surface area (Å²) in [5.74, 6) is 1.28. The van der Waals surface area contributed by atoms with Gasteiger partial charge in [0.05, 0.1) is 0 Å². The van der Waals surface area contributed by atoms with Gasteiger partial charge in [-0.05, 0) is 47.2 Å². The number of hydrogen-bond donors (Lipinski definition) is 2. The summed E-state index contributed by atoms with van der Waals surface area (Å²) in [6.45, 7) is 12.9. The van der Waals surface area contributed by atoms with Crippen molar-refractivity contribution in [1.82, 2.24) is 9.97 Å². The van der Waals surface area contributed by atoms with E-state index >= 15 is 0 Å². The number of H-pyrrole nitrogens is 2. The minimum atomic E-state index is 0.642. The van der Waals surface area contributed by atoms with Crippen LogP contribution in [0, 0.1) is 0 Å². The summed E-state index contributed by atoms with van der Waals surface area (Å²) in [5, 5.41) is 5.22. The molecule has 7 rings (SSSR count). The third-order valence-corrected chi connectivity index (χ3v) is 7.07. The van der Waals surface area contributed by atoms with Crippen LogP contribution in [0.3, 0.4) is 0 Å². The molecule has 0 atom stereocenters. The van der Waals surface area contributed by atoms with Crippen molar-refractivity contribution >= 4 is 43.6 Å². The van der Waals surface area contributed by atoms with E-state index in [-0.39, 0.29) is 0 Å². The number of nitrogens with one attached hydrogen (secondary N) is 2. The van der Waals surface area contributed by atoms with Gasteiger partial charge in [0.15, 0.2) is 0 Å². The first-order chi connectivity index (χ1) is 19.5. The predicted molar refractivity (Wildman–Crippen MR) is 178 cm³/mol. The Morgan fingerprint density at radius 2 is 0.650 bits per heavy atom. The monoisotopic (exact) mass is 526 g/mol. The van der Waals surface area contributed by atoms with E-state index in [1.165, 1.54) is 54.7 Å². The number of aromatic amines is 2. The molecule has 0 spiro atoms. The molecular formula is C38H42N2. The maximum Gasteiger partial charge on any atom is 0.0464 e. The van der Waals surface area contributed by atoms with E-state index in [9.17, 15) is 0 Å². The summed E-state index contributed by atoms with van der Waals surface area (Å²) in [5.41, 5.74) is 7.74. The van der Waals surface area contributed by atoms with E-state index in [4.69, 9.17) is 0 Å². The number of hydrogen-bond acceptors (Lipinski definition) is 0. The quantitative estimate of drug-likeness (QED) is 0.224. The van der Waals surface area contributed by atoms with Gasteiger partial charge in [-0.3, -0.25) is 0 Å². The lowest BCUT2D eigenvalue weighted by Gasteiger charge is -2.09. The molecule has 0 saturated heterocycles. The van der Waals surface area contributed by atoms with Gasteiger partial charge in [-0.1, -0.05) is 139 Å². The average molecular weight is 527 g/mol. The van der Waals surface area contributed by atoms with E-state index in [0.29, 0.717) is 11.8 Å². The lowest BCUT2D eigenvalue weighted by molar-refractivity contribution is 0.834. The van der Waals surface area contributed by atoms with E-state index in [0.717, 1.165) is 0 Å². The fraction of sp³-hybridized carbons (Fsp3) is 0.211. The van der Waals surface area contributed by atoms with Crippen molar-refractivity contribution in [2.75, 3.05) is 0 Å². The van der Waals surface area contributed by atoms with Crippen molar-refractivity contribution < 1.29 is 0 Å². The molecule has 7 aromatic rings. The summed E-state index contributed by atoms with van der Waals surface area (Å²) < 4.78 is 0. The highest BCUT2D eigenvalue weighted by molar-refractivity contribution is 6.07. The van der Waals surface area contributed by atoms with Gasteiger partial charge in [0.2, 0.25) is 0 Å². The largest absolute Gasteiger partial charge is 0.355 e. The minimum absolute atomic E-state index is 0.642. The van der Waals surface area contributed by atoms with Crippen molar-refractivity contribution in [2.24, 2.45) is 0 Å². The number of rotatable bonds is 2. The van der Waals surface area contributed by atoms with E-state index in [1.807, 2.05) is 13.8 Å². The normalized spacial score (nSPS) is 10.7. The van der Waals surface area contributed by atoms with Crippen molar-refractivity contribution in [2.45, 2.75) is 53.4 Å². The second kappa shape index (κ2) is 13.7. The van der Waals surface area contributed by atoms with Gasteiger partial charge in [0.25, 0.3) is 0 Å². The summed E-state index contributed by atoms with van der Waals surface area (Å²) in [7, 11) is 0. The summed E-state index contributed by atoms with van der Waals surface area (Å²) in [6.07, 6.45) is 0. The van der Waals surface area contributed by atoms with Crippen molar-refractivity contribution in [1.29, 1.82) is 0 Å². The lowest BCUT2D eigenvalue weighted by Crippen LogP contribution is -1.91. The second-order valence-corrected chi connectivity index (χ2v) is 10.4. The van der Waals surface area contributed by atoms with Gasteiger partial charge in [-0.2, -0.15) is 0 Å². The number of aromatic nitrogens is 2. The molecule has 0 fully saturated rings. The van der Waals surface area contributed by atoms with Crippen LogP contribution >= 0.6 is 0 Å². The molecule has 2 heterocycles. The fourth-order valence-corrected chi connectivity index (χ4v) is 4.88. The molecule has 0 saturated carbocycles. The van der Waals surface area contributed by atoms with E-state index < -0.39 is 0 Å². The first kappa shape index (κ1) is 28.7.